The first-order valence-corrected chi connectivity index (χ1v) is 10.2. The number of ether oxygens (including phenoxy) is 2. The number of fused-ring (bicyclic) bond motifs is 1. The van der Waals surface area contributed by atoms with Crippen LogP contribution in [0.15, 0.2) is 65.7 Å². The van der Waals surface area contributed by atoms with Gasteiger partial charge in [-0.3, -0.25) is 14.7 Å². The number of morpholine rings is 1. The zero-order valence-corrected chi connectivity index (χ0v) is 17.7. The first kappa shape index (κ1) is 20.0. The monoisotopic (exact) mass is 432 g/mol. The lowest BCUT2D eigenvalue weighted by atomic mass is 10.1. The van der Waals surface area contributed by atoms with Gasteiger partial charge >= 0.3 is 0 Å². The molecule has 1 atom stereocenters. The lowest BCUT2D eigenvalue weighted by Crippen LogP contribution is -2.44. The third-order valence-corrected chi connectivity index (χ3v) is 5.54. The molecule has 162 valence electrons. The molecule has 5 rings (SSSR count). The minimum absolute atomic E-state index is 0.0773. The Hall–Kier alpha value is -3.94. The van der Waals surface area contributed by atoms with Gasteiger partial charge in [-0.15, -0.1) is 0 Å². The molecular weight excluding hydrogens is 411 g/mol. The summed E-state index contributed by atoms with van der Waals surface area (Å²) in [6.07, 6.45) is 5.51. The summed E-state index contributed by atoms with van der Waals surface area (Å²) in [6.45, 7) is 2.25. The number of carbonyl (C=O) groups is 1. The Kier molecular flexibility index (Phi) is 4.97. The van der Waals surface area contributed by atoms with E-state index in [9.17, 15) is 9.18 Å². The SMILES string of the molecule is COc1cc(C=C2OCC(=O)N3C2=NCC3c2ccc(F)cc2)ccc1-n1cnc(C)c1. The van der Waals surface area contributed by atoms with Gasteiger partial charge in [0.2, 0.25) is 0 Å². The van der Waals surface area contributed by atoms with Crippen LogP contribution in [0.2, 0.25) is 0 Å². The topological polar surface area (TPSA) is 69.0 Å². The van der Waals surface area contributed by atoms with Crippen molar-refractivity contribution in [3.05, 3.63) is 83.4 Å². The zero-order valence-electron chi connectivity index (χ0n) is 17.7. The Morgan fingerprint density at radius 2 is 2.03 bits per heavy atom. The highest BCUT2D eigenvalue weighted by atomic mass is 19.1. The summed E-state index contributed by atoms with van der Waals surface area (Å²) < 4.78 is 26.5. The summed E-state index contributed by atoms with van der Waals surface area (Å²) in [5.74, 6) is 1.20. The standard InChI is InChI=1S/C24H21FN4O3/c1-15-12-28(14-27-15)19-8-3-16(9-21(19)31-2)10-22-24-26-11-20(29(24)23(30)13-32-22)17-4-6-18(25)7-5-17/h3-10,12,14,20H,11,13H2,1-2H3. The van der Waals surface area contributed by atoms with Crippen LogP contribution in [-0.4, -0.2) is 46.5 Å². The van der Waals surface area contributed by atoms with Crippen LogP contribution in [0.3, 0.4) is 0 Å². The number of rotatable bonds is 4. The molecule has 3 heterocycles. The molecule has 0 aliphatic carbocycles. The molecule has 7 nitrogen and oxygen atoms in total. The fraction of sp³-hybridized carbons (Fsp3) is 0.208. The number of imidazole rings is 1. The number of amides is 1. The van der Waals surface area contributed by atoms with Gasteiger partial charge in [0.25, 0.3) is 5.91 Å². The van der Waals surface area contributed by atoms with E-state index in [1.54, 1.807) is 30.5 Å². The van der Waals surface area contributed by atoms with E-state index in [4.69, 9.17) is 9.47 Å². The smallest absolute Gasteiger partial charge is 0.266 e. The van der Waals surface area contributed by atoms with Crippen molar-refractivity contribution >= 4 is 17.8 Å². The van der Waals surface area contributed by atoms with Crippen molar-refractivity contribution < 1.29 is 18.7 Å². The second-order valence-electron chi connectivity index (χ2n) is 7.65. The number of hydrogen-bond donors (Lipinski definition) is 0. The Balaban J connectivity index is 1.45. The van der Waals surface area contributed by atoms with Crippen LogP contribution < -0.4 is 4.74 Å². The van der Waals surface area contributed by atoms with Gasteiger partial charge < -0.3 is 14.0 Å². The van der Waals surface area contributed by atoms with E-state index in [1.165, 1.54) is 12.1 Å². The summed E-state index contributed by atoms with van der Waals surface area (Å²) >= 11 is 0. The molecule has 0 N–H and O–H groups in total. The van der Waals surface area contributed by atoms with Crippen molar-refractivity contribution in [1.29, 1.82) is 0 Å². The van der Waals surface area contributed by atoms with Gasteiger partial charge in [0.1, 0.15) is 11.6 Å². The molecule has 1 amide bonds. The van der Waals surface area contributed by atoms with Crippen LogP contribution in [0.4, 0.5) is 4.39 Å². The van der Waals surface area contributed by atoms with Gasteiger partial charge in [0, 0.05) is 6.20 Å². The predicted octanol–water partition coefficient (Wildman–Crippen LogP) is 3.68. The quantitative estimate of drug-likeness (QED) is 0.631. The Labute approximate surface area is 184 Å². The molecule has 1 saturated heterocycles. The van der Waals surface area contributed by atoms with Crippen molar-refractivity contribution in [3.8, 4) is 11.4 Å². The molecule has 0 radical (unpaired) electrons. The van der Waals surface area contributed by atoms with E-state index in [0.717, 1.165) is 22.5 Å². The Bertz CT molecular complexity index is 1250. The molecule has 8 heteroatoms. The third-order valence-electron chi connectivity index (χ3n) is 5.54. The number of hydrogen-bond acceptors (Lipinski definition) is 5. The first-order chi connectivity index (χ1) is 15.5. The number of benzene rings is 2. The molecule has 1 unspecified atom stereocenters. The molecule has 2 aliphatic heterocycles. The summed E-state index contributed by atoms with van der Waals surface area (Å²) in [6, 6.07) is 11.7. The fourth-order valence-corrected chi connectivity index (χ4v) is 3.99. The van der Waals surface area contributed by atoms with Gasteiger partial charge in [-0.1, -0.05) is 18.2 Å². The number of halogens is 1. The van der Waals surface area contributed by atoms with E-state index in [-0.39, 0.29) is 24.4 Å². The molecule has 1 aromatic heterocycles. The normalized spacial score (nSPS) is 19.0. The van der Waals surface area contributed by atoms with Crippen LogP contribution in [-0.2, 0) is 9.53 Å². The van der Waals surface area contributed by atoms with Crippen molar-refractivity contribution in [2.45, 2.75) is 13.0 Å². The van der Waals surface area contributed by atoms with Crippen molar-refractivity contribution in [1.82, 2.24) is 14.5 Å². The Morgan fingerprint density at radius 3 is 2.75 bits per heavy atom. The number of amidine groups is 1. The van der Waals surface area contributed by atoms with Gasteiger partial charge in [-0.2, -0.15) is 0 Å². The third kappa shape index (κ3) is 3.53. The van der Waals surface area contributed by atoms with E-state index in [0.29, 0.717) is 23.9 Å². The van der Waals surface area contributed by atoms with Crippen LogP contribution >= 0.6 is 0 Å². The largest absolute Gasteiger partial charge is 0.495 e. The van der Waals surface area contributed by atoms with Crippen molar-refractivity contribution in [2.75, 3.05) is 20.3 Å². The molecular formula is C24H21FN4O3. The average Bonchev–Trinajstić information content (AvgIpc) is 3.43. The predicted molar refractivity (Wildman–Crippen MR) is 117 cm³/mol. The fourth-order valence-electron chi connectivity index (χ4n) is 3.99. The minimum atomic E-state index is -0.315. The number of aromatic nitrogens is 2. The van der Waals surface area contributed by atoms with E-state index in [2.05, 4.69) is 9.98 Å². The molecule has 2 aromatic carbocycles. The maximum atomic E-state index is 13.3. The highest BCUT2D eigenvalue weighted by molar-refractivity contribution is 6.12. The highest BCUT2D eigenvalue weighted by Crippen LogP contribution is 2.33. The molecule has 32 heavy (non-hydrogen) atoms. The maximum Gasteiger partial charge on any atom is 0.266 e. The van der Waals surface area contributed by atoms with Gasteiger partial charge in [0.05, 0.1) is 37.4 Å². The molecule has 0 bridgehead atoms. The number of aryl methyl sites for hydroxylation is 1. The number of carbonyl (C=O) groups excluding carboxylic acids is 1. The van der Waals surface area contributed by atoms with E-state index in [1.807, 2.05) is 42.0 Å². The number of methoxy groups -OCH3 is 1. The molecule has 2 aliphatic rings. The Morgan fingerprint density at radius 1 is 1.22 bits per heavy atom. The summed E-state index contributed by atoms with van der Waals surface area (Å²) in [5.41, 5.74) is 3.46. The zero-order chi connectivity index (χ0) is 22.2. The van der Waals surface area contributed by atoms with Gasteiger partial charge in [0.15, 0.2) is 18.2 Å². The maximum absolute atomic E-state index is 13.3. The van der Waals surface area contributed by atoms with Crippen LogP contribution in [0.5, 0.6) is 5.75 Å². The lowest BCUT2D eigenvalue weighted by molar-refractivity contribution is -0.133. The number of aliphatic imine (C=N–C) groups is 1. The summed E-state index contributed by atoms with van der Waals surface area (Å²) in [5, 5.41) is 0. The van der Waals surface area contributed by atoms with Crippen LogP contribution in [0, 0.1) is 12.7 Å². The summed E-state index contributed by atoms with van der Waals surface area (Å²) in [7, 11) is 1.62. The van der Waals surface area contributed by atoms with E-state index < -0.39 is 0 Å². The lowest BCUT2D eigenvalue weighted by Gasteiger charge is -2.31. The van der Waals surface area contributed by atoms with E-state index >= 15 is 0 Å². The minimum Gasteiger partial charge on any atom is -0.495 e. The molecule has 3 aromatic rings. The molecule has 0 spiro atoms. The van der Waals surface area contributed by atoms with Crippen molar-refractivity contribution in [3.63, 3.8) is 0 Å². The van der Waals surface area contributed by atoms with Gasteiger partial charge in [-0.05, 0) is 48.4 Å². The molecule has 1 fully saturated rings. The first-order valence-electron chi connectivity index (χ1n) is 10.2. The second kappa shape index (κ2) is 7.96. The van der Waals surface area contributed by atoms with Crippen LogP contribution in [0.1, 0.15) is 22.9 Å². The average molecular weight is 432 g/mol. The number of nitrogens with zero attached hydrogens (tertiary/aromatic N) is 4. The highest BCUT2D eigenvalue weighted by Gasteiger charge is 2.39. The van der Waals surface area contributed by atoms with Crippen molar-refractivity contribution in [2.24, 2.45) is 4.99 Å². The van der Waals surface area contributed by atoms with Crippen LogP contribution in [0.25, 0.3) is 11.8 Å². The van der Waals surface area contributed by atoms with Gasteiger partial charge in [-0.25, -0.2) is 9.37 Å². The molecule has 0 saturated carbocycles. The second-order valence-corrected chi connectivity index (χ2v) is 7.65. The summed E-state index contributed by atoms with van der Waals surface area (Å²) in [4.78, 5) is 23.1.